The van der Waals surface area contributed by atoms with Crippen molar-refractivity contribution in [1.82, 2.24) is 10.2 Å². The van der Waals surface area contributed by atoms with E-state index in [1.54, 1.807) is 12.1 Å². The standard InChI is InChI=1S/C13H20N2O3/c1-15(2)8-10-18-9-7-14-13(17)11-3-5-12(16)6-4-11/h3-6,16H,7-10H2,1-2H3,(H,14,17). The van der Waals surface area contributed by atoms with Crippen molar-refractivity contribution in [3.05, 3.63) is 29.8 Å². The molecule has 0 saturated carbocycles. The van der Waals surface area contributed by atoms with Crippen LogP contribution in [0, 0.1) is 0 Å². The SMILES string of the molecule is CN(C)CCOCCNC(=O)c1ccc(O)cc1. The van der Waals surface area contributed by atoms with E-state index in [2.05, 4.69) is 5.32 Å². The summed E-state index contributed by atoms with van der Waals surface area (Å²) < 4.78 is 5.35. The van der Waals surface area contributed by atoms with Crippen molar-refractivity contribution >= 4 is 5.91 Å². The van der Waals surface area contributed by atoms with Gasteiger partial charge in [-0.2, -0.15) is 0 Å². The monoisotopic (exact) mass is 252 g/mol. The third-order valence-electron chi connectivity index (χ3n) is 2.34. The highest BCUT2D eigenvalue weighted by atomic mass is 16.5. The molecule has 0 saturated heterocycles. The van der Waals surface area contributed by atoms with E-state index in [1.165, 1.54) is 12.1 Å². The molecule has 0 aliphatic carbocycles. The Hall–Kier alpha value is -1.59. The first-order valence-electron chi connectivity index (χ1n) is 5.89. The highest BCUT2D eigenvalue weighted by molar-refractivity contribution is 5.94. The number of nitrogens with zero attached hydrogens (tertiary/aromatic N) is 1. The van der Waals surface area contributed by atoms with E-state index in [1.807, 2.05) is 19.0 Å². The number of benzene rings is 1. The normalized spacial score (nSPS) is 10.6. The maximum Gasteiger partial charge on any atom is 0.251 e. The van der Waals surface area contributed by atoms with Gasteiger partial charge in [0.15, 0.2) is 0 Å². The van der Waals surface area contributed by atoms with Crippen LogP contribution in [0.1, 0.15) is 10.4 Å². The van der Waals surface area contributed by atoms with E-state index >= 15 is 0 Å². The Labute approximate surface area is 107 Å². The van der Waals surface area contributed by atoms with Crippen LogP contribution in [0.3, 0.4) is 0 Å². The van der Waals surface area contributed by atoms with Crippen molar-refractivity contribution in [3.63, 3.8) is 0 Å². The Bertz CT molecular complexity index is 363. The highest BCUT2D eigenvalue weighted by Gasteiger charge is 2.03. The van der Waals surface area contributed by atoms with Gasteiger partial charge in [-0.1, -0.05) is 0 Å². The summed E-state index contributed by atoms with van der Waals surface area (Å²) >= 11 is 0. The lowest BCUT2D eigenvalue weighted by atomic mass is 10.2. The Morgan fingerprint density at radius 3 is 2.56 bits per heavy atom. The lowest BCUT2D eigenvalue weighted by molar-refractivity contribution is 0.0900. The van der Waals surface area contributed by atoms with Crippen LogP contribution in [0.15, 0.2) is 24.3 Å². The van der Waals surface area contributed by atoms with Gasteiger partial charge in [0.2, 0.25) is 0 Å². The van der Waals surface area contributed by atoms with Gasteiger partial charge in [-0.25, -0.2) is 0 Å². The summed E-state index contributed by atoms with van der Waals surface area (Å²) in [6.45, 7) is 2.50. The van der Waals surface area contributed by atoms with Gasteiger partial charge in [-0.05, 0) is 38.4 Å². The van der Waals surface area contributed by atoms with E-state index in [-0.39, 0.29) is 11.7 Å². The second kappa shape index (κ2) is 7.68. The van der Waals surface area contributed by atoms with Gasteiger partial charge in [0.1, 0.15) is 5.75 Å². The lowest BCUT2D eigenvalue weighted by Gasteiger charge is -2.10. The van der Waals surface area contributed by atoms with Crippen molar-refractivity contribution in [2.45, 2.75) is 0 Å². The fraction of sp³-hybridized carbons (Fsp3) is 0.462. The first-order chi connectivity index (χ1) is 8.59. The summed E-state index contributed by atoms with van der Waals surface area (Å²) in [6.07, 6.45) is 0. The lowest BCUT2D eigenvalue weighted by Crippen LogP contribution is -2.28. The minimum absolute atomic E-state index is 0.151. The van der Waals surface area contributed by atoms with Gasteiger partial charge in [0, 0.05) is 18.7 Å². The molecule has 0 aliphatic heterocycles. The predicted molar refractivity (Wildman–Crippen MR) is 69.8 cm³/mol. The summed E-state index contributed by atoms with van der Waals surface area (Å²) in [5.41, 5.74) is 0.529. The minimum Gasteiger partial charge on any atom is -0.508 e. The molecule has 18 heavy (non-hydrogen) atoms. The number of nitrogens with one attached hydrogen (secondary N) is 1. The van der Waals surface area contributed by atoms with E-state index < -0.39 is 0 Å². The number of ether oxygens (including phenoxy) is 1. The molecule has 5 heteroatoms. The summed E-state index contributed by atoms with van der Waals surface area (Å²) in [7, 11) is 3.96. The number of aromatic hydroxyl groups is 1. The van der Waals surface area contributed by atoms with Crippen LogP contribution < -0.4 is 5.32 Å². The number of hydrogen-bond acceptors (Lipinski definition) is 4. The smallest absolute Gasteiger partial charge is 0.251 e. The molecule has 0 aromatic heterocycles. The number of amides is 1. The Morgan fingerprint density at radius 1 is 1.28 bits per heavy atom. The molecular weight excluding hydrogens is 232 g/mol. The van der Waals surface area contributed by atoms with E-state index in [4.69, 9.17) is 9.84 Å². The maximum atomic E-state index is 11.6. The first-order valence-corrected chi connectivity index (χ1v) is 5.89. The van der Waals surface area contributed by atoms with Gasteiger partial charge < -0.3 is 20.1 Å². The largest absolute Gasteiger partial charge is 0.508 e. The van der Waals surface area contributed by atoms with E-state index in [0.717, 1.165) is 6.54 Å². The van der Waals surface area contributed by atoms with Crippen LogP contribution in [0.2, 0.25) is 0 Å². The number of rotatable bonds is 7. The molecule has 0 bridgehead atoms. The predicted octanol–water partition coefficient (Wildman–Crippen LogP) is 0.700. The Balaban J connectivity index is 2.16. The number of carbonyl (C=O) groups is 1. The zero-order valence-corrected chi connectivity index (χ0v) is 10.8. The molecule has 0 spiro atoms. The van der Waals surface area contributed by atoms with Gasteiger partial charge in [0.25, 0.3) is 5.91 Å². The second-order valence-electron chi connectivity index (χ2n) is 4.22. The van der Waals surface area contributed by atoms with Gasteiger partial charge in [-0.3, -0.25) is 4.79 Å². The molecule has 2 N–H and O–H groups in total. The fourth-order valence-electron chi connectivity index (χ4n) is 1.30. The molecule has 0 atom stereocenters. The maximum absolute atomic E-state index is 11.6. The molecule has 1 aromatic carbocycles. The molecular formula is C13H20N2O3. The van der Waals surface area contributed by atoms with Gasteiger partial charge in [0.05, 0.1) is 13.2 Å². The third-order valence-corrected chi connectivity index (χ3v) is 2.34. The van der Waals surface area contributed by atoms with Crippen molar-refractivity contribution in [2.75, 3.05) is 40.4 Å². The summed E-state index contributed by atoms with van der Waals surface area (Å²) in [4.78, 5) is 13.7. The highest BCUT2D eigenvalue weighted by Crippen LogP contribution is 2.09. The molecule has 1 amide bonds. The molecule has 0 aliphatic rings. The quantitative estimate of drug-likeness (QED) is 0.701. The molecule has 100 valence electrons. The van der Waals surface area contributed by atoms with Crippen LogP contribution in [-0.4, -0.2) is 56.3 Å². The topological polar surface area (TPSA) is 61.8 Å². The fourth-order valence-corrected chi connectivity index (χ4v) is 1.30. The van der Waals surface area contributed by atoms with Crippen molar-refractivity contribution < 1.29 is 14.6 Å². The average molecular weight is 252 g/mol. The molecule has 5 nitrogen and oxygen atoms in total. The zero-order valence-electron chi connectivity index (χ0n) is 10.8. The van der Waals surface area contributed by atoms with Crippen molar-refractivity contribution in [2.24, 2.45) is 0 Å². The average Bonchev–Trinajstić information content (AvgIpc) is 2.34. The van der Waals surface area contributed by atoms with Crippen LogP contribution in [0.5, 0.6) is 5.75 Å². The second-order valence-corrected chi connectivity index (χ2v) is 4.22. The third kappa shape index (κ3) is 5.65. The molecule has 0 fully saturated rings. The van der Waals surface area contributed by atoms with E-state index in [0.29, 0.717) is 25.3 Å². The summed E-state index contributed by atoms with van der Waals surface area (Å²) in [5, 5.41) is 11.8. The zero-order chi connectivity index (χ0) is 13.4. The summed E-state index contributed by atoms with van der Waals surface area (Å²) in [5.74, 6) is -0.00946. The summed E-state index contributed by atoms with van der Waals surface area (Å²) in [6, 6.07) is 6.14. The number of hydrogen-bond donors (Lipinski definition) is 2. The van der Waals surface area contributed by atoms with Crippen LogP contribution in [0.25, 0.3) is 0 Å². The molecule has 1 aromatic rings. The number of phenolic OH excluding ortho intramolecular Hbond substituents is 1. The van der Waals surface area contributed by atoms with Gasteiger partial charge >= 0.3 is 0 Å². The van der Waals surface area contributed by atoms with Crippen molar-refractivity contribution in [1.29, 1.82) is 0 Å². The minimum atomic E-state index is -0.161. The number of likely N-dealkylation sites (N-methyl/N-ethyl adjacent to an activating group) is 1. The van der Waals surface area contributed by atoms with Crippen molar-refractivity contribution in [3.8, 4) is 5.75 Å². The Kier molecular flexibility index (Phi) is 6.18. The molecule has 0 radical (unpaired) electrons. The Morgan fingerprint density at radius 2 is 1.94 bits per heavy atom. The van der Waals surface area contributed by atoms with Gasteiger partial charge in [-0.15, -0.1) is 0 Å². The molecule has 1 rings (SSSR count). The number of phenols is 1. The molecule has 0 heterocycles. The first kappa shape index (κ1) is 14.5. The van der Waals surface area contributed by atoms with Crippen LogP contribution >= 0.6 is 0 Å². The van der Waals surface area contributed by atoms with Crippen LogP contribution in [-0.2, 0) is 4.74 Å². The molecule has 0 unspecified atom stereocenters. The van der Waals surface area contributed by atoms with E-state index in [9.17, 15) is 4.79 Å². The van der Waals surface area contributed by atoms with Crippen LogP contribution in [0.4, 0.5) is 0 Å². The number of carbonyl (C=O) groups excluding carboxylic acids is 1.